The van der Waals surface area contributed by atoms with Crippen molar-refractivity contribution in [2.24, 2.45) is 0 Å². The lowest BCUT2D eigenvalue weighted by molar-refractivity contribution is 0.600. The Labute approximate surface area is 135 Å². The lowest BCUT2D eigenvalue weighted by atomic mass is 10.2. The van der Waals surface area contributed by atoms with Gasteiger partial charge in [-0.2, -0.15) is 0 Å². The minimum absolute atomic E-state index is 0.121. The van der Waals surface area contributed by atoms with Gasteiger partial charge in [0, 0.05) is 5.02 Å². The van der Waals surface area contributed by atoms with Crippen molar-refractivity contribution in [2.45, 2.75) is 11.8 Å². The topological polar surface area (TPSA) is 59.1 Å². The van der Waals surface area contributed by atoms with Crippen LogP contribution in [0.15, 0.2) is 39.8 Å². The molecular weight excluding hydrogens is 387 g/mol. The molecule has 1 aromatic carbocycles. The van der Waals surface area contributed by atoms with E-state index >= 15 is 0 Å². The number of anilines is 1. The van der Waals surface area contributed by atoms with Gasteiger partial charge in [-0.1, -0.05) is 29.3 Å². The van der Waals surface area contributed by atoms with E-state index in [0.29, 0.717) is 20.7 Å². The van der Waals surface area contributed by atoms with Crippen LogP contribution in [0.1, 0.15) is 5.56 Å². The summed E-state index contributed by atoms with van der Waals surface area (Å²) in [6.07, 6.45) is 1.34. The SMILES string of the molecule is Cc1c(Cl)cccc1S(=O)(=O)Nc1cnc(Cl)c(Br)c1. The van der Waals surface area contributed by atoms with Gasteiger partial charge in [0.25, 0.3) is 10.0 Å². The number of aromatic nitrogens is 1. The Morgan fingerprint density at radius 2 is 2.00 bits per heavy atom. The van der Waals surface area contributed by atoms with Crippen LogP contribution < -0.4 is 4.72 Å². The first-order chi connectivity index (χ1) is 9.31. The van der Waals surface area contributed by atoms with Crippen LogP contribution in [0.5, 0.6) is 0 Å². The zero-order chi connectivity index (χ0) is 14.9. The third-order valence-corrected chi connectivity index (χ3v) is 5.63. The fraction of sp³-hybridized carbons (Fsp3) is 0.0833. The molecule has 0 fully saturated rings. The first-order valence-corrected chi connectivity index (χ1v) is 8.43. The molecule has 0 spiro atoms. The van der Waals surface area contributed by atoms with Crippen LogP contribution in [0.25, 0.3) is 0 Å². The molecule has 0 saturated carbocycles. The van der Waals surface area contributed by atoms with E-state index < -0.39 is 10.0 Å². The van der Waals surface area contributed by atoms with Gasteiger partial charge in [-0.15, -0.1) is 0 Å². The summed E-state index contributed by atoms with van der Waals surface area (Å²) in [5.41, 5.74) is 0.795. The summed E-state index contributed by atoms with van der Waals surface area (Å²) in [6.45, 7) is 1.65. The summed E-state index contributed by atoms with van der Waals surface area (Å²) in [5, 5.41) is 0.648. The van der Waals surface area contributed by atoms with Gasteiger partial charge in [0.05, 0.1) is 21.3 Å². The Balaban J connectivity index is 2.41. The maximum atomic E-state index is 12.3. The number of nitrogens with one attached hydrogen (secondary N) is 1. The smallest absolute Gasteiger partial charge is 0.262 e. The van der Waals surface area contributed by atoms with E-state index in [-0.39, 0.29) is 10.0 Å². The van der Waals surface area contributed by atoms with Crippen LogP contribution in [0.4, 0.5) is 5.69 Å². The number of hydrogen-bond acceptors (Lipinski definition) is 3. The Kier molecular flexibility index (Phi) is 4.59. The molecule has 20 heavy (non-hydrogen) atoms. The van der Waals surface area contributed by atoms with Gasteiger partial charge >= 0.3 is 0 Å². The van der Waals surface area contributed by atoms with E-state index in [1.807, 2.05) is 0 Å². The summed E-state index contributed by atoms with van der Waals surface area (Å²) in [4.78, 5) is 3.98. The maximum absolute atomic E-state index is 12.3. The minimum atomic E-state index is -3.73. The first-order valence-electron chi connectivity index (χ1n) is 5.40. The van der Waals surface area contributed by atoms with Gasteiger partial charge in [-0.3, -0.25) is 4.72 Å². The molecule has 0 aliphatic rings. The van der Waals surface area contributed by atoms with Crippen molar-refractivity contribution in [3.63, 3.8) is 0 Å². The highest BCUT2D eigenvalue weighted by molar-refractivity contribution is 9.10. The number of rotatable bonds is 3. The van der Waals surface area contributed by atoms with Gasteiger partial charge in [0.2, 0.25) is 0 Å². The number of pyridine rings is 1. The number of hydrogen-bond donors (Lipinski definition) is 1. The molecule has 1 heterocycles. The van der Waals surface area contributed by atoms with E-state index in [2.05, 4.69) is 25.6 Å². The number of nitrogens with zero attached hydrogens (tertiary/aromatic N) is 1. The zero-order valence-electron chi connectivity index (χ0n) is 10.2. The minimum Gasteiger partial charge on any atom is -0.278 e. The molecular formula is C12H9BrCl2N2O2S. The van der Waals surface area contributed by atoms with Gasteiger partial charge in [-0.25, -0.2) is 13.4 Å². The highest BCUT2D eigenvalue weighted by Gasteiger charge is 2.18. The molecule has 0 aliphatic carbocycles. The van der Waals surface area contributed by atoms with Crippen LogP contribution in [0.2, 0.25) is 10.2 Å². The van der Waals surface area contributed by atoms with Crippen LogP contribution >= 0.6 is 39.1 Å². The largest absolute Gasteiger partial charge is 0.278 e. The fourth-order valence-corrected chi connectivity index (χ4v) is 3.55. The predicted octanol–water partition coefficient (Wildman–Crippen LogP) is 4.26. The highest BCUT2D eigenvalue weighted by atomic mass is 79.9. The van der Waals surface area contributed by atoms with E-state index in [0.717, 1.165) is 0 Å². The molecule has 4 nitrogen and oxygen atoms in total. The molecule has 2 aromatic rings. The highest BCUT2D eigenvalue weighted by Crippen LogP contribution is 2.27. The molecule has 0 amide bonds. The maximum Gasteiger partial charge on any atom is 0.262 e. The second-order valence-electron chi connectivity index (χ2n) is 3.97. The third kappa shape index (κ3) is 3.25. The normalized spacial score (nSPS) is 11.4. The van der Waals surface area contributed by atoms with Crippen molar-refractivity contribution in [1.82, 2.24) is 4.98 Å². The van der Waals surface area contributed by atoms with Crippen LogP contribution in [-0.4, -0.2) is 13.4 Å². The van der Waals surface area contributed by atoms with Crippen molar-refractivity contribution in [1.29, 1.82) is 0 Å². The third-order valence-electron chi connectivity index (χ3n) is 2.56. The van der Waals surface area contributed by atoms with Gasteiger partial charge < -0.3 is 0 Å². The van der Waals surface area contributed by atoms with Crippen molar-refractivity contribution >= 4 is 54.8 Å². The Hall–Kier alpha value is -0.820. The van der Waals surface area contributed by atoms with Crippen molar-refractivity contribution < 1.29 is 8.42 Å². The first kappa shape index (κ1) is 15.6. The predicted molar refractivity (Wildman–Crippen MR) is 83.9 cm³/mol. The number of benzene rings is 1. The summed E-state index contributed by atoms with van der Waals surface area (Å²) in [7, 11) is -3.73. The molecule has 0 bridgehead atoms. The number of halogens is 3. The summed E-state index contributed by atoms with van der Waals surface area (Å²) >= 11 is 14.9. The standard InChI is InChI=1S/C12H9BrCl2N2O2S/c1-7-10(14)3-2-4-11(7)20(18,19)17-8-5-9(13)12(15)16-6-8/h2-6,17H,1H3. The van der Waals surface area contributed by atoms with Crippen LogP contribution in [0.3, 0.4) is 0 Å². The van der Waals surface area contributed by atoms with E-state index in [9.17, 15) is 8.42 Å². The summed E-state index contributed by atoms with van der Waals surface area (Å²) < 4.78 is 27.6. The van der Waals surface area contributed by atoms with Gasteiger partial charge in [0.15, 0.2) is 0 Å². The molecule has 8 heteroatoms. The lowest BCUT2D eigenvalue weighted by Crippen LogP contribution is -2.14. The Bertz CT molecular complexity index is 766. The molecule has 1 N–H and O–H groups in total. The second kappa shape index (κ2) is 5.89. The van der Waals surface area contributed by atoms with Gasteiger partial charge in [-0.05, 0) is 46.6 Å². The fourth-order valence-electron chi connectivity index (χ4n) is 1.57. The summed E-state index contributed by atoms with van der Waals surface area (Å²) in [6, 6.07) is 6.24. The molecule has 0 unspecified atom stereocenters. The van der Waals surface area contributed by atoms with Crippen molar-refractivity contribution in [3.05, 3.63) is 50.7 Å². The lowest BCUT2D eigenvalue weighted by Gasteiger charge is -2.11. The molecule has 0 saturated heterocycles. The summed E-state index contributed by atoms with van der Waals surface area (Å²) in [5.74, 6) is 0. The van der Waals surface area contributed by atoms with Gasteiger partial charge in [0.1, 0.15) is 5.15 Å². The monoisotopic (exact) mass is 394 g/mol. The molecule has 106 valence electrons. The zero-order valence-corrected chi connectivity index (χ0v) is 14.1. The second-order valence-corrected chi connectivity index (χ2v) is 7.24. The van der Waals surface area contributed by atoms with Crippen molar-refractivity contribution in [2.75, 3.05) is 4.72 Å². The number of sulfonamides is 1. The molecule has 0 atom stereocenters. The Morgan fingerprint density at radius 3 is 2.65 bits per heavy atom. The molecule has 0 aliphatic heterocycles. The van der Waals surface area contributed by atoms with E-state index in [4.69, 9.17) is 23.2 Å². The van der Waals surface area contributed by atoms with Crippen molar-refractivity contribution in [3.8, 4) is 0 Å². The molecule has 0 radical (unpaired) electrons. The average Bonchev–Trinajstić information content (AvgIpc) is 2.36. The van der Waals surface area contributed by atoms with E-state index in [1.54, 1.807) is 19.1 Å². The quantitative estimate of drug-likeness (QED) is 0.789. The van der Waals surface area contributed by atoms with Crippen LogP contribution in [0, 0.1) is 6.92 Å². The van der Waals surface area contributed by atoms with Crippen LogP contribution in [-0.2, 0) is 10.0 Å². The molecule has 2 rings (SSSR count). The Morgan fingerprint density at radius 1 is 1.30 bits per heavy atom. The molecule has 1 aromatic heterocycles. The average molecular weight is 396 g/mol. The van der Waals surface area contributed by atoms with E-state index in [1.165, 1.54) is 18.3 Å².